The molecule has 36 heavy (non-hydrogen) atoms. The Morgan fingerprint density at radius 1 is 0.694 bits per heavy atom. The lowest BCUT2D eigenvalue weighted by atomic mass is 10.0. The van der Waals surface area contributed by atoms with E-state index in [2.05, 4.69) is 18.2 Å². The fraction of sp³-hybridized carbons (Fsp3) is 0.310. The zero-order chi connectivity index (χ0) is 24.6. The maximum absolute atomic E-state index is 11.1. The molecule has 0 aromatic heterocycles. The lowest BCUT2D eigenvalue weighted by molar-refractivity contribution is 0.00722. The van der Waals surface area contributed by atoms with Crippen LogP contribution in [0.25, 0.3) is 21.5 Å². The Morgan fingerprint density at radius 3 is 2.08 bits per heavy atom. The summed E-state index contributed by atoms with van der Waals surface area (Å²) in [5, 5.41) is 14.4. The van der Waals surface area contributed by atoms with E-state index >= 15 is 0 Å². The second-order valence-corrected chi connectivity index (χ2v) is 9.60. The summed E-state index contributed by atoms with van der Waals surface area (Å²) >= 11 is 1.66. The van der Waals surface area contributed by atoms with Gasteiger partial charge in [0.25, 0.3) is 0 Å². The van der Waals surface area contributed by atoms with Crippen molar-refractivity contribution in [2.24, 2.45) is 0 Å². The van der Waals surface area contributed by atoms with Gasteiger partial charge in [0.05, 0.1) is 46.2 Å². The fourth-order valence-corrected chi connectivity index (χ4v) is 4.84. The third-order valence-electron chi connectivity index (χ3n) is 5.82. The summed E-state index contributed by atoms with van der Waals surface area (Å²) < 4.78 is 27.9. The molecular weight excluding hydrogens is 476 g/mol. The standard InChI is InChI=1S/C29H30O6S/c30-28-24-8-4-5-9-25(24)29(34-17-16-32-13-12-31-14-15-33-19-21-20-35-21)26-11-10-23(18-27(26)28)36-22-6-2-1-3-7-22/h1-11,18,21,30H,12-17,19-20H2. The number of hydrogen-bond donors (Lipinski definition) is 1. The number of hydrogen-bond acceptors (Lipinski definition) is 7. The maximum atomic E-state index is 11.1. The molecule has 0 bridgehead atoms. The van der Waals surface area contributed by atoms with Gasteiger partial charge < -0.3 is 28.8 Å². The number of epoxide rings is 1. The smallest absolute Gasteiger partial charge is 0.135 e. The maximum Gasteiger partial charge on any atom is 0.135 e. The molecule has 7 heteroatoms. The minimum absolute atomic E-state index is 0.269. The van der Waals surface area contributed by atoms with Crippen LogP contribution >= 0.6 is 11.8 Å². The first kappa shape index (κ1) is 24.9. The Morgan fingerprint density at radius 2 is 1.33 bits per heavy atom. The third kappa shape index (κ3) is 6.49. The molecule has 1 heterocycles. The number of ether oxygens (including phenoxy) is 5. The molecule has 1 fully saturated rings. The number of fused-ring (bicyclic) bond motifs is 2. The average molecular weight is 507 g/mol. The van der Waals surface area contributed by atoms with Crippen LogP contribution in [0, 0.1) is 0 Å². The number of phenolic OH excluding ortho intramolecular Hbond substituents is 1. The van der Waals surface area contributed by atoms with Crippen molar-refractivity contribution in [2.45, 2.75) is 15.9 Å². The van der Waals surface area contributed by atoms with E-state index in [0.29, 0.717) is 46.2 Å². The molecule has 0 amide bonds. The summed E-state index contributed by atoms with van der Waals surface area (Å²) in [4.78, 5) is 2.20. The third-order valence-corrected chi connectivity index (χ3v) is 6.82. The van der Waals surface area contributed by atoms with Gasteiger partial charge in [0.1, 0.15) is 24.2 Å². The lowest BCUT2D eigenvalue weighted by Crippen LogP contribution is -2.13. The van der Waals surface area contributed by atoms with Gasteiger partial charge in [0.2, 0.25) is 0 Å². The summed E-state index contributed by atoms with van der Waals surface area (Å²) in [5.41, 5.74) is 0. The monoisotopic (exact) mass is 506 g/mol. The molecular formula is C29H30O6S. The quantitative estimate of drug-likeness (QED) is 0.134. The molecule has 188 valence electrons. The molecule has 0 aliphatic carbocycles. The Hall–Kier alpha value is -2.81. The van der Waals surface area contributed by atoms with Gasteiger partial charge in [-0.15, -0.1) is 0 Å². The summed E-state index contributed by atoms with van der Waals surface area (Å²) in [7, 11) is 0. The molecule has 0 radical (unpaired) electrons. The van der Waals surface area contributed by atoms with Gasteiger partial charge in [-0.1, -0.05) is 54.2 Å². The summed E-state index contributed by atoms with van der Waals surface area (Å²) in [5.74, 6) is 1.02. The molecule has 0 spiro atoms. The molecule has 5 rings (SSSR count). The van der Waals surface area contributed by atoms with Crippen LogP contribution in [0.5, 0.6) is 11.5 Å². The van der Waals surface area contributed by atoms with Gasteiger partial charge in [-0.05, 0) is 30.3 Å². The van der Waals surface area contributed by atoms with Gasteiger partial charge in [-0.25, -0.2) is 0 Å². The molecule has 6 nitrogen and oxygen atoms in total. The summed E-state index contributed by atoms with van der Waals surface area (Å²) in [6, 6.07) is 24.1. The van der Waals surface area contributed by atoms with E-state index in [-0.39, 0.29) is 11.9 Å². The lowest BCUT2D eigenvalue weighted by Gasteiger charge is -2.16. The van der Waals surface area contributed by atoms with Crippen LogP contribution in [0.4, 0.5) is 0 Å². The Labute approximate surface area is 215 Å². The highest BCUT2D eigenvalue weighted by Gasteiger charge is 2.22. The van der Waals surface area contributed by atoms with Gasteiger partial charge in [-0.2, -0.15) is 0 Å². The molecule has 1 N–H and O–H groups in total. The summed E-state index contributed by atoms with van der Waals surface area (Å²) in [6.07, 6.45) is 0.284. The normalized spacial score (nSPS) is 14.9. The second kappa shape index (κ2) is 12.4. The van der Waals surface area contributed by atoms with Crippen molar-refractivity contribution >= 4 is 33.3 Å². The average Bonchev–Trinajstić information content (AvgIpc) is 3.74. The van der Waals surface area contributed by atoms with E-state index < -0.39 is 0 Å². The number of phenols is 1. The number of rotatable bonds is 14. The largest absolute Gasteiger partial charge is 0.507 e. The van der Waals surface area contributed by atoms with Crippen LogP contribution in [0.3, 0.4) is 0 Å². The highest BCUT2D eigenvalue weighted by atomic mass is 32.2. The van der Waals surface area contributed by atoms with Crippen molar-refractivity contribution in [3.63, 3.8) is 0 Å². The van der Waals surface area contributed by atoms with Gasteiger partial charge in [0.15, 0.2) is 0 Å². The van der Waals surface area contributed by atoms with E-state index in [1.807, 2.05) is 54.6 Å². The molecule has 1 unspecified atom stereocenters. The van der Waals surface area contributed by atoms with Crippen molar-refractivity contribution in [3.05, 3.63) is 72.8 Å². The Bertz CT molecular complexity index is 1280. The van der Waals surface area contributed by atoms with Gasteiger partial charge in [-0.3, -0.25) is 0 Å². The molecule has 1 aliphatic heterocycles. The van der Waals surface area contributed by atoms with Crippen LogP contribution in [0.15, 0.2) is 82.6 Å². The second-order valence-electron chi connectivity index (χ2n) is 8.45. The minimum Gasteiger partial charge on any atom is -0.507 e. The van der Waals surface area contributed by atoms with E-state index in [0.717, 1.165) is 43.7 Å². The Kier molecular flexibility index (Phi) is 8.59. The van der Waals surface area contributed by atoms with E-state index in [9.17, 15) is 5.11 Å². The fourth-order valence-electron chi connectivity index (χ4n) is 3.96. The molecule has 0 saturated carbocycles. The van der Waals surface area contributed by atoms with Crippen LogP contribution in [0.1, 0.15) is 0 Å². The predicted octanol–water partition coefficient (Wildman–Crippen LogP) is 5.68. The van der Waals surface area contributed by atoms with Crippen molar-refractivity contribution in [1.29, 1.82) is 0 Å². The van der Waals surface area contributed by atoms with Crippen LogP contribution < -0.4 is 4.74 Å². The SMILES string of the molecule is Oc1c2ccccc2c(OCCOCCOCCOCC2CO2)c2ccc(Sc3ccccc3)cc12. The van der Waals surface area contributed by atoms with Crippen LogP contribution in [0.2, 0.25) is 0 Å². The molecule has 4 aromatic carbocycles. The number of benzene rings is 4. The first-order valence-electron chi connectivity index (χ1n) is 12.2. The van der Waals surface area contributed by atoms with Crippen molar-refractivity contribution in [2.75, 3.05) is 52.9 Å². The van der Waals surface area contributed by atoms with Crippen molar-refractivity contribution in [3.8, 4) is 11.5 Å². The highest BCUT2D eigenvalue weighted by molar-refractivity contribution is 7.99. The zero-order valence-corrected chi connectivity index (χ0v) is 20.9. The van der Waals surface area contributed by atoms with E-state index in [1.165, 1.54) is 0 Å². The van der Waals surface area contributed by atoms with Crippen LogP contribution in [-0.4, -0.2) is 64.1 Å². The van der Waals surface area contributed by atoms with Crippen LogP contribution in [-0.2, 0) is 18.9 Å². The van der Waals surface area contributed by atoms with E-state index in [1.54, 1.807) is 11.8 Å². The van der Waals surface area contributed by atoms with E-state index in [4.69, 9.17) is 23.7 Å². The molecule has 1 aliphatic rings. The van der Waals surface area contributed by atoms with Crippen molar-refractivity contribution in [1.82, 2.24) is 0 Å². The summed E-state index contributed by atoms with van der Waals surface area (Å²) in [6.45, 7) is 4.40. The topological polar surface area (TPSA) is 69.7 Å². The Balaban J connectivity index is 1.19. The predicted molar refractivity (Wildman–Crippen MR) is 141 cm³/mol. The first-order valence-corrected chi connectivity index (χ1v) is 13.0. The van der Waals surface area contributed by atoms with Crippen molar-refractivity contribution < 1.29 is 28.8 Å². The number of aromatic hydroxyl groups is 1. The van der Waals surface area contributed by atoms with Gasteiger partial charge >= 0.3 is 0 Å². The highest BCUT2D eigenvalue weighted by Crippen LogP contribution is 2.43. The minimum atomic E-state index is 0.269. The zero-order valence-electron chi connectivity index (χ0n) is 20.1. The molecule has 1 atom stereocenters. The first-order chi connectivity index (χ1) is 17.8. The van der Waals surface area contributed by atoms with Gasteiger partial charge in [0, 0.05) is 31.3 Å². The molecule has 4 aromatic rings. The molecule has 1 saturated heterocycles.